The van der Waals surface area contributed by atoms with E-state index in [-0.39, 0.29) is 0 Å². The number of ether oxygens (including phenoxy) is 1. The summed E-state index contributed by atoms with van der Waals surface area (Å²) in [6, 6.07) is 9.80. The third-order valence-corrected chi connectivity index (χ3v) is 2.76. The Kier molecular flexibility index (Phi) is 2.72. The number of anilines is 1. The van der Waals surface area contributed by atoms with Crippen molar-refractivity contribution in [1.29, 1.82) is 0 Å². The van der Waals surface area contributed by atoms with E-state index < -0.39 is 5.91 Å². The first-order valence-electron chi connectivity index (χ1n) is 5.73. The van der Waals surface area contributed by atoms with E-state index in [1.165, 1.54) is 6.07 Å². The molecule has 0 spiro atoms. The number of carbonyl (C=O) groups excluding carboxylic acids is 1. The van der Waals surface area contributed by atoms with E-state index >= 15 is 0 Å². The number of hydrogen-bond acceptors (Lipinski definition) is 6. The van der Waals surface area contributed by atoms with Gasteiger partial charge in [-0.25, -0.2) is 4.63 Å². The van der Waals surface area contributed by atoms with Crippen molar-refractivity contribution in [2.24, 2.45) is 5.73 Å². The Bertz CT molecular complexity index is 797. The molecule has 100 valence electrons. The normalized spacial score (nSPS) is 10.6. The number of aromatic nitrogens is 2. The summed E-state index contributed by atoms with van der Waals surface area (Å²) in [7, 11) is 0. The number of fused-ring (bicyclic) bond motifs is 1. The second-order valence-corrected chi connectivity index (χ2v) is 4.11. The van der Waals surface area contributed by atoms with Crippen LogP contribution in [0.4, 0.5) is 5.69 Å². The van der Waals surface area contributed by atoms with Crippen molar-refractivity contribution in [3.05, 3.63) is 42.0 Å². The van der Waals surface area contributed by atoms with Gasteiger partial charge in [0.05, 0.1) is 5.69 Å². The van der Waals surface area contributed by atoms with Crippen LogP contribution in [-0.4, -0.2) is 16.2 Å². The minimum Gasteiger partial charge on any atom is -0.455 e. The molecule has 0 unspecified atom stereocenters. The maximum atomic E-state index is 11.1. The monoisotopic (exact) mass is 270 g/mol. The molecule has 3 rings (SSSR count). The lowest BCUT2D eigenvalue weighted by atomic mass is 10.2. The first kappa shape index (κ1) is 12.0. The van der Waals surface area contributed by atoms with Gasteiger partial charge in [0, 0.05) is 5.56 Å². The number of nitrogens with zero attached hydrogens (tertiary/aromatic N) is 2. The molecule has 1 amide bonds. The fourth-order valence-corrected chi connectivity index (χ4v) is 1.79. The second kappa shape index (κ2) is 4.54. The number of nitrogens with two attached hydrogens (primary N) is 2. The van der Waals surface area contributed by atoms with Crippen LogP contribution in [0.2, 0.25) is 0 Å². The molecule has 1 heterocycles. The van der Waals surface area contributed by atoms with E-state index in [9.17, 15) is 4.79 Å². The van der Waals surface area contributed by atoms with Crippen LogP contribution in [0.3, 0.4) is 0 Å². The van der Waals surface area contributed by atoms with Crippen LogP contribution in [-0.2, 0) is 0 Å². The summed E-state index contributed by atoms with van der Waals surface area (Å²) in [5.41, 5.74) is 12.6. The number of benzene rings is 2. The average molecular weight is 270 g/mol. The predicted molar refractivity (Wildman–Crippen MR) is 71.3 cm³/mol. The summed E-state index contributed by atoms with van der Waals surface area (Å²) in [5, 5.41) is 7.45. The smallest absolute Gasteiger partial charge is 0.248 e. The second-order valence-electron chi connectivity index (χ2n) is 4.11. The van der Waals surface area contributed by atoms with E-state index in [1.54, 1.807) is 30.3 Å². The Morgan fingerprint density at radius 1 is 1.15 bits per heavy atom. The Morgan fingerprint density at radius 3 is 2.75 bits per heavy atom. The highest BCUT2D eigenvalue weighted by atomic mass is 16.6. The molecule has 0 aliphatic rings. The molecule has 20 heavy (non-hydrogen) atoms. The number of carbonyl (C=O) groups is 1. The van der Waals surface area contributed by atoms with Gasteiger partial charge in [-0.3, -0.25) is 4.79 Å². The molecule has 2 aromatic carbocycles. The lowest BCUT2D eigenvalue weighted by molar-refractivity contribution is 0.1000. The van der Waals surface area contributed by atoms with Crippen molar-refractivity contribution in [2.75, 3.05) is 5.73 Å². The van der Waals surface area contributed by atoms with Crippen LogP contribution in [0.5, 0.6) is 11.5 Å². The Hall–Kier alpha value is -3.09. The molecule has 0 radical (unpaired) electrons. The van der Waals surface area contributed by atoms with Crippen molar-refractivity contribution in [3.63, 3.8) is 0 Å². The molecule has 0 aliphatic carbocycles. The van der Waals surface area contributed by atoms with Gasteiger partial charge in [0.1, 0.15) is 5.75 Å². The van der Waals surface area contributed by atoms with Crippen molar-refractivity contribution >= 4 is 22.6 Å². The van der Waals surface area contributed by atoms with Crippen LogP contribution in [0.25, 0.3) is 11.0 Å². The highest BCUT2D eigenvalue weighted by molar-refractivity contribution is 5.93. The topological polar surface area (TPSA) is 117 Å². The lowest BCUT2D eigenvalue weighted by Gasteiger charge is -2.07. The maximum Gasteiger partial charge on any atom is 0.248 e. The summed E-state index contributed by atoms with van der Waals surface area (Å²) >= 11 is 0. The van der Waals surface area contributed by atoms with E-state index in [1.807, 2.05) is 0 Å². The molecule has 7 heteroatoms. The largest absolute Gasteiger partial charge is 0.455 e. The van der Waals surface area contributed by atoms with Crippen molar-refractivity contribution < 1.29 is 14.2 Å². The molecule has 7 nitrogen and oxygen atoms in total. The number of rotatable bonds is 3. The minimum absolute atomic E-state index is 0.354. The Labute approximate surface area is 113 Å². The predicted octanol–water partition coefficient (Wildman–Crippen LogP) is 1.70. The fourth-order valence-electron chi connectivity index (χ4n) is 1.79. The van der Waals surface area contributed by atoms with Crippen LogP contribution in [0.1, 0.15) is 10.4 Å². The van der Waals surface area contributed by atoms with E-state index in [4.69, 9.17) is 16.2 Å². The van der Waals surface area contributed by atoms with Gasteiger partial charge < -0.3 is 16.2 Å². The van der Waals surface area contributed by atoms with Crippen LogP contribution in [0.15, 0.2) is 41.0 Å². The van der Waals surface area contributed by atoms with Gasteiger partial charge in [-0.1, -0.05) is 6.07 Å². The lowest BCUT2D eigenvalue weighted by Crippen LogP contribution is -2.10. The maximum absolute atomic E-state index is 11.1. The third-order valence-electron chi connectivity index (χ3n) is 2.76. The molecule has 0 saturated heterocycles. The van der Waals surface area contributed by atoms with Crippen molar-refractivity contribution in [2.45, 2.75) is 0 Å². The highest BCUT2D eigenvalue weighted by Crippen LogP contribution is 2.31. The molecule has 1 aromatic heterocycles. The zero-order valence-corrected chi connectivity index (χ0v) is 10.2. The quantitative estimate of drug-likeness (QED) is 0.699. The van der Waals surface area contributed by atoms with Gasteiger partial charge in [-0.2, -0.15) is 0 Å². The summed E-state index contributed by atoms with van der Waals surface area (Å²) < 4.78 is 10.3. The first-order valence-corrected chi connectivity index (χ1v) is 5.73. The summed E-state index contributed by atoms with van der Waals surface area (Å²) in [4.78, 5) is 11.1. The number of nitrogen functional groups attached to an aromatic ring is 1. The molecule has 3 aromatic rings. The van der Waals surface area contributed by atoms with Gasteiger partial charge in [-0.15, -0.1) is 0 Å². The fraction of sp³-hybridized carbons (Fsp3) is 0. The summed E-state index contributed by atoms with van der Waals surface area (Å²) in [6.45, 7) is 0. The van der Waals surface area contributed by atoms with Crippen LogP contribution in [0, 0.1) is 0 Å². The van der Waals surface area contributed by atoms with Gasteiger partial charge in [0.25, 0.3) is 0 Å². The van der Waals surface area contributed by atoms with Gasteiger partial charge in [0.15, 0.2) is 16.8 Å². The minimum atomic E-state index is -0.527. The molecular weight excluding hydrogens is 260 g/mol. The van der Waals surface area contributed by atoms with Crippen molar-refractivity contribution in [1.82, 2.24) is 10.3 Å². The van der Waals surface area contributed by atoms with Gasteiger partial charge >= 0.3 is 0 Å². The molecule has 0 aliphatic heterocycles. The Balaban J connectivity index is 2.01. The first-order chi connectivity index (χ1) is 9.65. The zero-order chi connectivity index (χ0) is 14.1. The average Bonchev–Trinajstić information content (AvgIpc) is 2.93. The number of hydrogen-bond donors (Lipinski definition) is 2. The molecule has 0 saturated carbocycles. The third kappa shape index (κ3) is 2.01. The number of amides is 1. The SMILES string of the molecule is NC(=O)c1cccc(Oc2ccc(N)c3nonc23)c1. The zero-order valence-electron chi connectivity index (χ0n) is 10.2. The summed E-state index contributed by atoms with van der Waals surface area (Å²) in [5.74, 6) is 0.355. The van der Waals surface area contributed by atoms with E-state index in [2.05, 4.69) is 14.9 Å². The standard InChI is InChI=1S/C13H10N4O3/c14-9-4-5-10(12-11(9)16-20-17-12)19-8-3-1-2-7(6-8)13(15)18/h1-6H,14H2,(H2,15,18). The van der Waals surface area contributed by atoms with Crippen molar-refractivity contribution in [3.8, 4) is 11.5 Å². The molecule has 0 bridgehead atoms. The molecule has 0 atom stereocenters. The van der Waals surface area contributed by atoms with Crippen LogP contribution < -0.4 is 16.2 Å². The Morgan fingerprint density at radius 2 is 1.95 bits per heavy atom. The highest BCUT2D eigenvalue weighted by Gasteiger charge is 2.12. The molecule has 0 fully saturated rings. The summed E-state index contributed by atoms with van der Waals surface area (Å²) in [6.07, 6.45) is 0. The molecular formula is C13H10N4O3. The van der Waals surface area contributed by atoms with E-state index in [0.717, 1.165) is 0 Å². The van der Waals surface area contributed by atoms with Gasteiger partial charge in [-0.05, 0) is 40.6 Å². The van der Waals surface area contributed by atoms with E-state index in [0.29, 0.717) is 33.8 Å². The number of primary amides is 1. The van der Waals surface area contributed by atoms with Gasteiger partial charge in [0.2, 0.25) is 5.91 Å². The molecule has 4 N–H and O–H groups in total. The van der Waals surface area contributed by atoms with Crippen LogP contribution >= 0.6 is 0 Å².